The SMILES string of the molecule is CSc1ccccc1C(Cl)c1cc(C)c(Br)s1. The van der Waals surface area contributed by atoms with Gasteiger partial charge in [0.05, 0.1) is 9.16 Å². The van der Waals surface area contributed by atoms with Crippen molar-refractivity contribution in [2.45, 2.75) is 17.2 Å². The van der Waals surface area contributed by atoms with E-state index in [1.807, 2.05) is 6.07 Å². The zero-order chi connectivity index (χ0) is 12.4. The van der Waals surface area contributed by atoms with E-state index in [2.05, 4.69) is 53.4 Å². The summed E-state index contributed by atoms with van der Waals surface area (Å²) in [4.78, 5) is 2.44. The van der Waals surface area contributed by atoms with Crippen LogP contribution in [0.3, 0.4) is 0 Å². The topological polar surface area (TPSA) is 0 Å². The Morgan fingerprint density at radius 2 is 2.06 bits per heavy atom. The quantitative estimate of drug-likeness (QED) is 0.494. The lowest BCUT2D eigenvalue weighted by Gasteiger charge is -2.11. The molecule has 17 heavy (non-hydrogen) atoms. The highest BCUT2D eigenvalue weighted by Gasteiger charge is 2.17. The number of benzene rings is 1. The lowest BCUT2D eigenvalue weighted by Crippen LogP contribution is -1.92. The molecule has 0 nitrogen and oxygen atoms in total. The van der Waals surface area contributed by atoms with Gasteiger partial charge < -0.3 is 0 Å². The Balaban J connectivity index is 2.39. The molecule has 2 aromatic rings. The van der Waals surface area contributed by atoms with Crippen molar-refractivity contribution in [2.24, 2.45) is 0 Å². The summed E-state index contributed by atoms with van der Waals surface area (Å²) in [5, 5.41) is -0.0614. The molecule has 0 N–H and O–H groups in total. The zero-order valence-electron chi connectivity index (χ0n) is 9.54. The Morgan fingerprint density at radius 3 is 2.65 bits per heavy atom. The molecule has 0 aliphatic rings. The monoisotopic (exact) mass is 346 g/mol. The number of hydrogen-bond acceptors (Lipinski definition) is 2. The molecule has 1 atom stereocenters. The highest BCUT2D eigenvalue weighted by Crippen LogP contribution is 2.40. The predicted octanol–water partition coefficient (Wildman–Crippen LogP) is 5.87. The fourth-order valence-corrected chi connectivity index (χ4v) is 4.29. The molecular formula is C13H12BrClS2. The number of rotatable bonds is 3. The first-order valence-electron chi connectivity index (χ1n) is 5.16. The first kappa shape index (κ1) is 13.5. The van der Waals surface area contributed by atoms with Crippen LogP contribution in [-0.2, 0) is 0 Å². The van der Waals surface area contributed by atoms with E-state index in [1.165, 1.54) is 24.7 Å². The van der Waals surface area contributed by atoms with Gasteiger partial charge in [-0.3, -0.25) is 0 Å². The third-order valence-corrected chi connectivity index (χ3v) is 6.15. The minimum absolute atomic E-state index is 0.0614. The maximum Gasteiger partial charge on any atom is 0.0939 e. The van der Waals surface area contributed by atoms with E-state index in [9.17, 15) is 0 Å². The summed E-state index contributed by atoms with van der Waals surface area (Å²) in [5.41, 5.74) is 2.44. The first-order valence-corrected chi connectivity index (χ1v) is 8.43. The Kier molecular flexibility index (Phi) is 4.59. The average Bonchev–Trinajstić information content (AvgIpc) is 2.68. The summed E-state index contributed by atoms with van der Waals surface area (Å²) in [6.45, 7) is 2.09. The number of hydrogen-bond donors (Lipinski definition) is 0. The smallest absolute Gasteiger partial charge is 0.0939 e. The standard InChI is InChI=1S/C13H12BrClS2/c1-8-7-11(17-13(8)14)12(15)9-5-3-4-6-10(9)16-2/h3-7,12H,1-2H3. The van der Waals surface area contributed by atoms with E-state index < -0.39 is 0 Å². The fraction of sp³-hybridized carbons (Fsp3) is 0.231. The molecule has 0 saturated carbocycles. The number of aryl methyl sites for hydroxylation is 1. The van der Waals surface area contributed by atoms with Crippen LogP contribution in [0.1, 0.15) is 21.4 Å². The molecule has 0 spiro atoms. The van der Waals surface area contributed by atoms with Gasteiger partial charge in [0.2, 0.25) is 0 Å². The van der Waals surface area contributed by atoms with Gasteiger partial charge in [0.1, 0.15) is 0 Å². The van der Waals surface area contributed by atoms with E-state index in [1.54, 1.807) is 23.1 Å². The third kappa shape index (κ3) is 2.90. The molecule has 0 saturated heterocycles. The molecule has 0 fully saturated rings. The minimum Gasteiger partial charge on any atom is -0.131 e. The van der Waals surface area contributed by atoms with Gasteiger partial charge in [-0.05, 0) is 52.4 Å². The molecule has 1 aromatic carbocycles. The van der Waals surface area contributed by atoms with Crippen LogP contribution in [0.15, 0.2) is 39.0 Å². The predicted molar refractivity (Wildman–Crippen MR) is 82.7 cm³/mol. The van der Waals surface area contributed by atoms with Crippen LogP contribution in [0.4, 0.5) is 0 Å². The fourth-order valence-electron chi connectivity index (χ4n) is 1.64. The number of thiophene rings is 1. The molecule has 0 aliphatic carbocycles. The normalized spacial score (nSPS) is 12.7. The van der Waals surface area contributed by atoms with Crippen molar-refractivity contribution < 1.29 is 0 Å². The number of thioether (sulfide) groups is 1. The highest BCUT2D eigenvalue weighted by molar-refractivity contribution is 9.11. The lowest BCUT2D eigenvalue weighted by atomic mass is 10.1. The summed E-state index contributed by atoms with van der Waals surface area (Å²) in [6.07, 6.45) is 2.08. The van der Waals surface area contributed by atoms with Crippen LogP contribution >= 0.6 is 50.6 Å². The second kappa shape index (κ2) is 5.79. The van der Waals surface area contributed by atoms with E-state index in [0.29, 0.717) is 0 Å². The van der Waals surface area contributed by atoms with Gasteiger partial charge in [-0.25, -0.2) is 0 Å². The largest absolute Gasteiger partial charge is 0.131 e. The number of halogens is 2. The van der Waals surface area contributed by atoms with Crippen LogP contribution in [0.5, 0.6) is 0 Å². The van der Waals surface area contributed by atoms with Gasteiger partial charge in [-0.15, -0.1) is 34.7 Å². The molecule has 1 aromatic heterocycles. The first-order chi connectivity index (χ1) is 8.13. The second-order valence-corrected chi connectivity index (χ2v) is 7.40. The number of alkyl halides is 1. The van der Waals surface area contributed by atoms with Crippen LogP contribution in [0.2, 0.25) is 0 Å². The molecule has 0 radical (unpaired) electrons. The molecule has 90 valence electrons. The zero-order valence-corrected chi connectivity index (χ0v) is 13.5. The highest BCUT2D eigenvalue weighted by atomic mass is 79.9. The molecule has 2 rings (SSSR count). The van der Waals surface area contributed by atoms with E-state index in [4.69, 9.17) is 11.6 Å². The maximum atomic E-state index is 6.58. The average molecular weight is 348 g/mol. The molecule has 0 bridgehead atoms. The maximum absolute atomic E-state index is 6.58. The van der Waals surface area contributed by atoms with Crippen LogP contribution < -0.4 is 0 Å². The van der Waals surface area contributed by atoms with Gasteiger partial charge in [0, 0.05) is 9.77 Å². The second-order valence-electron chi connectivity index (χ2n) is 3.71. The van der Waals surface area contributed by atoms with E-state index in [0.717, 1.165) is 0 Å². The van der Waals surface area contributed by atoms with Crippen molar-refractivity contribution in [1.29, 1.82) is 0 Å². The minimum atomic E-state index is -0.0614. The molecule has 0 amide bonds. The van der Waals surface area contributed by atoms with Gasteiger partial charge in [-0.1, -0.05) is 18.2 Å². The summed E-state index contributed by atoms with van der Waals surface area (Å²) in [5.74, 6) is 0. The van der Waals surface area contributed by atoms with Crippen molar-refractivity contribution in [3.8, 4) is 0 Å². The van der Waals surface area contributed by atoms with Crippen LogP contribution in [-0.4, -0.2) is 6.26 Å². The summed E-state index contributed by atoms with van der Waals surface area (Å²) < 4.78 is 1.17. The Labute approximate surface area is 124 Å². The van der Waals surface area contributed by atoms with E-state index in [-0.39, 0.29) is 5.38 Å². The van der Waals surface area contributed by atoms with Crippen LogP contribution in [0.25, 0.3) is 0 Å². The molecule has 0 aliphatic heterocycles. The van der Waals surface area contributed by atoms with Crippen LogP contribution in [0, 0.1) is 6.92 Å². The van der Waals surface area contributed by atoms with Gasteiger partial charge >= 0.3 is 0 Å². The van der Waals surface area contributed by atoms with Crippen molar-refractivity contribution in [3.63, 3.8) is 0 Å². The van der Waals surface area contributed by atoms with Gasteiger partial charge in [0.25, 0.3) is 0 Å². The molecule has 1 unspecified atom stereocenters. The van der Waals surface area contributed by atoms with Gasteiger partial charge in [-0.2, -0.15) is 0 Å². The Morgan fingerprint density at radius 1 is 1.35 bits per heavy atom. The molecule has 4 heteroatoms. The Bertz CT molecular complexity index is 502. The summed E-state index contributed by atoms with van der Waals surface area (Å²) in [7, 11) is 0. The third-order valence-electron chi connectivity index (χ3n) is 2.54. The van der Waals surface area contributed by atoms with Crippen molar-refractivity contribution >= 4 is 50.6 Å². The van der Waals surface area contributed by atoms with Crippen molar-refractivity contribution in [1.82, 2.24) is 0 Å². The Hall–Kier alpha value is 0.0400. The molecular weight excluding hydrogens is 336 g/mol. The summed E-state index contributed by atoms with van der Waals surface area (Å²) in [6, 6.07) is 10.5. The van der Waals surface area contributed by atoms with E-state index >= 15 is 0 Å². The summed E-state index contributed by atoms with van der Waals surface area (Å²) >= 11 is 13.6. The lowest BCUT2D eigenvalue weighted by molar-refractivity contribution is 1.11. The van der Waals surface area contributed by atoms with Crippen molar-refractivity contribution in [2.75, 3.05) is 6.26 Å². The van der Waals surface area contributed by atoms with Crippen molar-refractivity contribution in [3.05, 3.63) is 50.1 Å². The van der Waals surface area contributed by atoms with Gasteiger partial charge in [0.15, 0.2) is 0 Å². The molecule has 1 heterocycles.